The SMILES string of the molecule is CC(C)CCCCCOC(=O)CSSCC(=O)O. The van der Waals surface area contributed by atoms with Crippen LogP contribution in [0, 0.1) is 5.92 Å². The molecule has 0 aromatic carbocycles. The molecular weight excluding hydrogens is 272 g/mol. The Hall–Kier alpha value is -0.360. The summed E-state index contributed by atoms with van der Waals surface area (Å²) in [5.74, 6) is -0.181. The summed E-state index contributed by atoms with van der Waals surface area (Å²) in [4.78, 5) is 21.4. The fraction of sp³-hybridized carbons (Fsp3) is 0.833. The zero-order valence-corrected chi connectivity index (χ0v) is 12.6. The van der Waals surface area contributed by atoms with Gasteiger partial charge in [-0.1, -0.05) is 54.7 Å². The molecule has 0 aliphatic carbocycles. The number of carboxylic acids is 1. The highest BCUT2D eigenvalue weighted by atomic mass is 33.1. The number of carbonyl (C=O) groups excluding carboxylic acids is 1. The Kier molecular flexibility index (Phi) is 11.5. The van der Waals surface area contributed by atoms with Crippen molar-refractivity contribution < 1.29 is 19.4 Å². The molecular formula is C12H22O4S2. The number of carboxylic acid groups (broad SMARTS) is 1. The van der Waals surface area contributed by atoms with E-state index in [2.05, 4.69) is 13.8 Å². The number of hydrogen-bond acceptors (Lipinski definition) is 5. The number of aliphatic carboxylic acids is 1. The van der Waals surface area contributed by atoms with Crippen molar-refractivity contribution in [2.24, 2.45) is 5.92 Å². The zero-order chi connectivity index (χ0) is 13.8. The van der Waals surface area contributed by atoms with Crippen molar-refractivity contribution in [3.05, 3.63) is 0 Å². The minimum absolute atomic E-state index is 0.00709. The van der Waals surface area contributed by atoms with Gasteiger partial charge in [0.1, 0.15) is 11.5 Å². The Balaban J connectivity index is 3.24. The van der Waals surface area contributed by atoms with Crippen LogP contribution in [0.15, 0.2) is 0 Å². The number of rotatable bonds is 11. The van der Waals surface area contributed by atoms with Crippen LogP contribution in [0.4, 0.5) is 0 Å². The molecule has 0 fully saturated rings. The second-order valence-corrected chi connectivity index (χ2v) is 6.84. The van der Waals surface area contributed by atoms with Crippen molar-refractivity contribution in [2.45, 2.75) is 39.5 Å². The van der Waals surface area contributed by atoms with E-state index in [-0.39, 0.29) is 17.5 Å². The van der Waals surface area contributed by atoms with E-state index < -0.39 is 5.97 Å². The summed E-state index contributed by atoms with van der Waals surface area (Å²) in [6.45, 7) is 4.87. The van der Waals surface area contributed by atoms with Gasteiger partial charge in [-0.15, -0.1) is 0 Å². The number of hydrogen-bond donors (Lipinski definition) is 1. The van der Waals surface area contributed by atoms with E-state index in [0.29, 0.717) is 6.61 Å². The van der Waals surface area contributed by atoms with E-state index in [1.807, 2.05) is 0 Å². The quantitative estimate of drug-likeness (QED) is 0.358. The lowest BCUT2D eigenvalue weighted by atomic mass is 10.1. The highest BCUT2D eigenvalue weighted by molar-refractivity contribution is 8.77. The van der Waals surface area contributed by atoms with Crippen LogP contribution in [0.3, 0.4) is 0 Å². The van der Waals surface area contributed by atoms with E-state index in [0.717, 1.165) is 29.6 Å². The standard InChI is InChI=1S/C12H22O4S2/c1-10(2)6-4-3-5-7-16-12(15)9-18-17-8-11(13)14/h10H,3-9H2,1-2H3,(H,13,14). The van der Waals surface area contributed by atoms with Crippen molar-refractivity contribution in [2.75, 3.05) is 18.1 Å². The monoisotopic (exact) mass is 294 g/mol. The van der Waals surface area contributed by atoms with Crippen molar-refractivity contribution in [1.82, 2.24) is 0 Å². The largest absolute Gasteiger partial charge is 0.481 e. The van der Waals surface area contributed by atoms with E-state index in [1.165, 1.54) is 23.6 Å². The van der Waals surface area contributed by atoms with Crippen LogP contribution in [0.1, 0.15) is 39.5 Å². The summed E-state index contributed by atoms with van der Waals surface area (Å²) >= 11 is 0. The lowest BCUT2D eigenvalue weighted by molar-refractivity contribution is -0.140. The van der Waals surface area contributed by atoms with Gasteiger partial charge in [-0.05, 0) is 12.3 Å². The zero-order valence-electron chi connectivity index (χ0n) is 11.0. The van der Waals surface area contributed by atoms with Gasteiger partial charge >= 0.3 is 11.9 Å². The van der Waals surface area contributed by atoms with Crippen molar-refractivity contribution >= 4 is 33.5 Å². The highest BCUT2D eigenvalue weighted by Crippen LogP contribution is 2.20. The highest BCUT2D eigenvalue weighted by Gasteiger charge is 2.04. The van der Waals surface area contributed by atoms with Crippen molar-refractivity contribution in [1.29, 1.82) is 0 Å². The molecule has 0 aliphatic rings. The van der Waals surface area contributed by atoms with Crippen LogP contribution in [0.2, 0.25) is 0 Å². The topological polar surface area (TPSA) is 63.6 Å². The fourth-order valence-corrected chi connectivity index (χ4v) is 2.78. The predicted molar refractivity (Wildman–Crippen MR) is 76.8 cm³/mol. The molecule has 0 radical (unpaired) electrons. The molecule has 0 amide bonds. The van der Waals surface area contributed by atoms with Crippen molar-refractivity contribution in [3.8, 4) is 0 Å². The maximum Gasteiger partial charge on any atom is 0.316 e. The Labute approximate surface area is 117 Å². The third-order valence-electron chi connectivity index (χ3n) is 2.13. The second-order valence-electron chi connectivity index (χ2n) is 4.38. The maximum absolute atomic E-state index is 11.2. The summed E-state index contributed by atoms with van der Waals surface area (Å²) in [6.07, 6.45) is 4.39. The van der Waals surface area contributed by atoms with Crippen LogP contribution in [0.25, 0.3) is 0 Å². The minimum Gasteiger partial charge on any atom is -0.481 e. The third-order valence-corrected chi connectivity index (χ3v) is 4.22. The van der Waals surface area contributed by atoms with E-state index in [1.54, 1.807) is 0 Å². The Morgan fingerprint density at radius 2 is 1.78 bits per heavy atom. The number of ether oxygens (including phenoxy) is 1. The number of carbonyl (C=O) groups is 2. The molecule has 0 spiro atoms. The fourth-order valence-electron chi connectivity index (χ4n) is 1.24. The summed E-state index contributed by atoms with van der Waals surface area (Å²) in [5, 5.41) is 8.39. The first-order chi connectivity index (χ1) is 8.52. The molecule has 106 valence electrons. The lowest BCUT2D eigenvalue weighted by Gasteiger charge is -2.05. The molecule has 0 aromatic rings. The van der Waals surface area contributed by atoms with Gasteiger partial charge in [0.15, 0.2) is 0 Å². The predicted octanol–water partition coefficient (Wildman–Crippen LogP) is 3.21. The summed E-state index contributed by atoms with van der Waals surface area (Å²) in [6, 6.07) is 0. The molecule has 0 rings (SSSR count). The van der Waals surface area contributed by atoms with Gasteiger partial charge < -0.3 is 9.84 Å². The van der Waals surface area contributed by atoms with Gasteiger partial charge in [0.05, 0.1) is 6.61 Å². The van der Waals surface area contributed by atoms with Gasteiger partial charge in [-0.25, -0.2) is 0 Å². The molecule has 1 N–H and O–H groups in total. The van der Waals surface area contributed by atoms with Gasteiger partial charge in [0.25, 0.3) is 0 Å². The molecule has 0 unspecified atom stereocenters. The van der Waals surface area contributed by atoms with E-state index >= 15 is 0 Å². The first-order valence-corrected chi connectivity index (χ1v) is 8.63. The second kappa shape index (κ2) is 11.7. The minimum atomic E-state index is -0.869. The maximum atomic E-state index is 11.2. The van der Waals surface area contributed by atoms with Crippen LogP contribution >= 0.6 is 21.6 Å². The molecule has 4 nitrogen and oxygen atoms in total. The van der Waals surface area contributed by atoms with Crippen LogP contribution in [0.5, 0.6) is 0 Å². The first kappa shape index (κ1) is 17.6. The number of esters is 1. The van der Waals surface area contributed by atoms with Gasteiger partial charge in [-0.2, -0.15) is 0 Å². The molecule has 0 atom stereocenters. The van der Waals surface area contributed by atoms with Crippen LogP contribution in [-0.2, 0) is 14.3 Å². The van der Waals surface area contributed by atoms with Crippen molar-refractivity contribution in [3.63, 3.8) is 0 Å². The van der Waals surface area contributed by atoms with Gasteiger partial charge in [0, 0.05) is 0 Å². The Morgan fingerprint density at radius 1 is 1.11 bits per heavy atom. The third kappa shape index (κ3) is 13.7. The number of unbranched alkanes of at least 4 members (excludes halogenated alkanes) is 2. The molecule has 0 saturated carbocycles. The average Bonchev–Trinajstić information content (AvgIpc) is 2.28. The summed E-state index contributed by atoms with van der Waals surface area (Å²) in [7, 11) is 2.38. The summed E-state index contributed by atoms with van der Waals surface area (Å²) < 4.78 is 5.04. The molecule has 0 saturated heterocycles. The smallest absolute Gasteiger partial charge is 0.316 e. The molecule has 6 heteroatoms. The molecule has 0 aliphatic heterocycles. The lowest BCUT2D eigenvalue weighted by Crippen LogP contribution is -2.08. The van der Waals surface area contributed by atoms with Crippen LogP contribution < -0.4 is 0 Å². The molecule has 0 aromatic heterocycles. The Bertz CT molecular complexity index is 244. The molecule has 0 heterocycles. The van der Waals surface area contributed by atoms with Gasteiger partial charge in [-0.3, -0.25) is 9.59 Å². The van der Waals surface area contributed by atoms with E-state index in [9.17, 15) is 9.59 Å². The first-order valence-electron chi connectivity index (χ1n) is 6.14. The molecule has 18 heavy (non-hydrogen) atoms. The summed E-state index contributed by atoms with van der Waals surface area (Å²) in [5.41, 5.74) is 0. The normalized spacial score (nSPS) is 10.6. The average molecular weight is 294 g/mol. The van der Waals surface area contributed by atoms with E-state index in [4.69, 9.17) is 9.84 Å². The van der Waals surface area contributed by atoms with Crippen LogP contribution in [-0.4, -0.2) is 35.2 Å². The van der Waals surface area contributed by atoms with Gasteiger partial charge in [0.2, 0.25) is 0 Å². The molecule has 0 bridgehead atoms. The Morgan fingerprint density at radius 3 is 2.39 bits per heavy atom.